The summed E-state index contributed by atoms with van der Waals surface area (Å²) in [5.74, 6) is -1.79. The molecule has 0 aliphatic heterocycles. The molecule has 1 amide bonds. The van der Waals surface area contributed by atoms with Gasteiger partial charge < -0.3 is 9.88 Å². The van der Waals surface area contributed by atoms with Crippen molar-refractivity contribution in [1.82, 2.24) is 4.57 Å². The Hall–Kier alpha value is -2.50. The van der Waals surface area contributed by atoms with Gasteiger partial charge in [0.1, 0.15) is 11.6 Å². The molecule has 2 rings (SSSR count). The van der Waals surface area contributed by atoms with Crippen molar-refractivity contribution in [3.05, 3.63) is 53.9 Å². The second-order valence-corrected chi connectivity index (χ2v) is 4.17. The molecule has 6 heteroatoms. The molecular weight excluding hydrogens is 266 g/mol. The van der Waals surface area contributed by atoms with Gasteiger partial charge in [0.25, 0.3) is 0 Å². The maximum atomic E-state index is 13.3. The molecule has 0 atom stereocenters. The van der Waals surface area contributed by atoms with Crippen molar-refractivity contribution in [3.8, 4) is 0 Å². The van der Waals surface area contributed by atoms with Gasteiger partial charge in [-0.2, -0.15) is 0 Å². The van der Waals surface area contributed by atoms with Crippen molar-refractivity contribution in [2.24, 2.45) is 0 Å². The second-order valence-electron chi connectivity index (χ2n) is 4.17. The first-order chi connectivity index (χ1) is 9.60. The number of nitrogens with one attached hydrogen (secondary N) is 1. The number of hydrogen-bond donors (Lipinski definition) is 1. The summed E-state index contributed by atoms with van der Waals surface area (Å²) in [4.78, 5) is 22.4. The van der Waals surface area contributed by atoms with Crippen molar-refractivity contribution in [1.29, 1.82) is 0 Å². The van der Waals surface area contributed by atoms with Crippen LogP contribution >= 0.6 is 0 Å². The molecule has 0 aliphatic rings. The Labute approximate surface area is 114 Å². The van der Waals surface area contributed by atoms with Crippen LogP contribution in [0.5, 0.6) is 0 Å². The summed E-state index contributed by atoms with van der Waals surface area (Å²) >= 11 is 0. The third-order valence-electron chi connectivity index (χ3n) is 2.77. The smallest absolute Gasteiger partial charge is 0.226 e. The van der Waals surface area contributed by atoms with Gasteiger partial charge in [-0.15, -0.1) is 0 Å². The van der Waals surface area contributed by atoms with Gasteiger partial charge in [-0.25, -0.2) is 8.78 Å². The molecule has 0 unspecified atom stereocenters. The Bertz CT molecular complexity index is 638. The van der Waals surface area contributed by atoms with E-state index in [1.54, 1.807) is 22.9 Å². The van der Waals surface area contributed by atoms with E-state index in [0.29, 0.717) is 12.0 Å². The minimum absolute atomic E-state index is 0.0471. The summed E-state index contributed by atoms with van der Waals surface area (Å²) in [5, 5.41) is 2.30. The number of carbonyl (C=O) groups excluding carboxylic acids is 2. The molecular formula is C14H12F2N2O2. The Balaban J connectivity index is 1.96. The van der Waals surface area contributed by atoms with Crippen molar-refractivity contribution < 1.29 is 18.4 Å². The lowest BCUT2D eigenvalue weighted by Gasteiger charge is -2.08. The highest BCUT2D eigenvalue weighted by molar-refractivity contribution is 5.90. The first-order valence-electron chi connectivity index (χ1n) is 5.95. The van der Waals surface area contributed by atoms with Gasteiger partial charge in [0.2, 0.25) is 5.91 Å². The first-order valence-corrected chi connectivity index (χ1v) is 5.95. The third kappa shape index (κ3) is 3.28. The molecule has 0 fully saturated rings. The molecule has 0 saturated carbocycles. The fourth-order valence-electron chi connectivity index (χ4n) is 1.77. The molecule has 20 heavy (non-hydrogen) atoms. The molecule has 1 N–H and O–H groups in total. The van der Waals surface area contributed by atoms with E-state index < -0.39 is 17.5 Å². The van der Waals surface area contributed by atoms with Crippen LogP contribution in [-0.4, -0.2) is 16.8 Å². The monoisotopic (exact) mass is 278 g/mol. The van der Waals surface area contributed by atoms with Gasteiger partial charge in [-0.1, -0.05) is 0 Å². The van der Waals surface area contributed by atoms with Gasteiger partial charge >= 0.3 is 0 Å². The van der Waals surface area contributed by atoms with E-state index in [0.717, 1.165) is 18.2 Å². The molecule has 0 spiro atoms. The largest absolute Gasteiger partial charge is 0.345 e. The normalized spacial score (nSPS) is 10.3. The van der Waals surface area contributed by atoms with Crippen molar-refractivity contribution in [2.45, 2.75) is 13.0 Å². The number of nitrogens with zero attached hydrogens (tertiary/aromatic N) is 1. The number of anilines is 1. The number of rotatable bonds is 5. The quantitative estimate of drug-likeness (QED) is 0.855. The molecule has 0 aliphatic carbocycles. The molecule has 0 saturated heterocycles. The Morgan fingerprint density at radius 3 is 2.85 bits per heavy atom. The predicted octanol–water partition coefficient (Wildman–Crippen LogP) is 2.61. The zero-order valence-electron chi connectivity index (χ0n) is 10.5. The van der Waals surface area contributed by atoms with Crippen LogP contribution in [0.25, 0.3) is 0 Å². The summed E-state index contributed by atoms with van der Waals surface area (Å²) in [7, 11) is 0. The van der Waals surface area contributed by atoms with E-state index in [-0.39, 0.29) is 18.7 Å². The van der Waals surface area contributed by atoms with Crippen molar-refractivity contribution >= 4 is 17.9 Å². The van der Waals surface area contributed by atoms with Gasteiger partial charge in [0.05, 0.1) is 11.4 Å². The first kappa shape index (κ1) is 13.9. The maximum absolute atomic E-state index is 13.3. The van der Waals surface area contributed by atoms with Crippen LogP contribution in [0.15, 0.2) is 36.5 Å². The standard InChI is InChI=1S/C14H12F2N2O2/c15-10-3-4-12(16)13(8-10)17-14(20)5-7-18-6-1-2-11(18)9-19/h1-4,6,8-9H,5,7H2,(H,17,20). The molecule has 2 aromatic rings. The van der Waals surface area contributed by atoms with E-state index >= 15 is 0 Å². The number of benzene rings is 1. The average Bonchev–Trinajstić information content (AvgIpc) is 2.88. The van der Waals surface area contributed by atoms with E-state index in [4.69, 9.17) is 0 Å². The molecule has 1 heterocycles. The fraction of sp³-hybridized carbons (Fsp3) is 0.143. The van der Waals surface area contributed by atoms with E-state index in [1.807, 2.05) is 0 Å². The summed E-state index contributed by atoms with van der Waals surface area (Å²) in [6.07, 6.45) is 2.40. The van der Waals surface area contributed by atoms with Gasteiger partial charge in [-0.05, 0) is 24.3 Å². The highest BCUT2D eigenvalue weighted by Gasteiger charge is 2.09. The Morgan fingerprint density at radius 1 is 1.30 bits per heavy atom. The molecule has 4 nitrogen and oxygen atoms in total. The molecule has 104 valence electrons. The Morgan fingerprint density at radius 2 is 2.10 bits per heavy atom. The molecule has 0 bridgehead atoms. The molecule has 1 aromatic heterocycles. The summed E-state index contributed by atoms with van der Waals surface area (Å²) < 4.78 is 27.9. The van der Waals surface area contributed by atoms with Crippen LogP contribution in [0.2, 0.25) is 0 Å². The van der Waals surface area contributed by atoms with Crippen LogP contribution in [-0.2, 0) is 11.3 Å². The fourth-order valence-corrected chi connectivity index (χ4v) is 1.77. The maximum Gasteiger partial charge on any atom is 0.226 e. The number of aldehydes is 1. The van der Waals surface area contributed by atoms with Crippen LogP contribution < -0.4 is 5.32 Å². The van der Waals surface area contributed by atoms with Crippen LogP contribution in [0, 0.1) is 11.6 Å². The van der Waals surface area contributed by atoms with E-state index in [1.165, 1.54) is 0 Å². The lowest BCUT2D eigenvalue weighted by Crippen LogP contribution is -2.16. The third-order valence-corrected chi connectivity index (χ3v) is 2.77. The minimum atomic E-state index is -0.700. The van der Waals surface area contributed by atoms with Gasteiger partial charge in [0.15, 0.2) is 6.29 Å². The number of halogens is 2. The summed E-state index contributed by atoms with van der Waals surface area (Å²) in [6, 6.07) is 6.15. The highest BCUT2D eigenvalue weighted by atomic mass is 19.1. The molecule has 1 aromatic carbocycles. The van der Waals surface area contributed by atoms with Crippen molar-refractivity contribution in [3.63, 3.8) is 0 Å². The number of amides is 1. The number of carbonyl (C=O) groups is 2. The number of aryl methyl sites for hydroxylation is 1. The number of aromatic nitrogens is 1. The minimum Gasteiger partial charge on any atom is -0.345 e. The Kier molecular flexibility index (Phi) is 4.24. The summed E-state index contributed by atoms with van der Waals surface area (Å²) in [5.41, 5.74) is 0.257. The number of hydrogen-bond acceptors (Lipinski definition) is 2. The summed E-state index contributed by atoms with van der Waals surface area (Å²) in [6.45, 7) is 0.282. The second kappa shape index (κ2) is 6.10. The van der Waals surface area contributed by atoms with Crippen LogP contribution in [0.4, 0.5) is 14.5 Å². The average molecular weight is 278 g/mol. The van der Waals surface area contributed by atoms with Gasteiger partial charge in [0, 0.05) is 25.2 Å². The zero-order valence-corrected chi connectivity index (χ0v) is 10.5. The van der Waals surface area contributed by atoms with E-state index in [2.05, 4.69) is 5.32 Å². The topological polar surface area (TPSA) is 51.1 Å². The van der Waals surface area contributed by atoms with E-state index in [9.17, 15) is 18.4 Å². The predicted molar refractivity (Wildman–Crippen MR) is 69.4 cm³/mol. The van der Waals surface area contributed by atoms with Crippen LogP contribution in [0.1, 0.15) is 16.9 Å². The SMILES string of the molecule is O=Cc1cccn1CCC(=O)Nc1cc(F)ccc1F. The zero-order chi connectivity index (χ0) is 14.5. The van der Waals surface area contributed by atoms with Crippen LogP contribution in [0.3, 0.4) is 0 Å². The lowest BCUT2D eigenvalue weighted by atomic mass is 10.3. The lowest BCUT2D eigenvalue weighted by molar-refractivity contribution is -0.116. The van der Waals surface area contributed by atoms with Gasteiger partial charge in [-0.3, -0.25) is 9.59 Å². The van der Waals surface area contributed by atoms with Crippen molar-refractivity contribution in [2.75, 3.05) is 5.32 Å². The highest BCUT2D eigenvalue weighted by Crippen LogP contribution is 2.15. The molecule has 0 radical (unpaired) electrons.